The van der Waals surface area contributed by atoms with Gasteiger partial charge in [0.15, 0.2) is 0 Å². The van der Waals surface area contributed by atoms with Crippen LogP contribution in [0.4, 0.5) is 15.0 Å². The van der Waals surface area contributed by atoms with Gasteiger partial charge in [-0.25, -0.2) is 14.2 Å². The number of ether oxygens (including phenoxy) is 2. The number of aromatic nitrogens is 2. The zero-order chi connectivity index (χ0) is 30.1. The summed E-state index contributed by atoms with van der Waals surface area (Å²) in [6, 6.07) is 18.3. The molecule has 1 atom stereocenters. The largest absolute Gasteiger partial charge is 0.489 e. The predicted molar refractivity (Wildman–Crippen MR) is 160 cm³/mol. The third-order valence-corrected chi connectivity index (χ3v) is 8.33. The number of nitrogens with one attached hydrogen (secondary N) is 1. The molecule has 0 spiro atoms. The van der Waals surface area contributed by atoms with Crippen molar-refractivity contribution in [3.8, 4) is 17.1 Å². The Balaban J connectivity index is 1.16. The van der Waals surface area contributed by atoms with Crippen LogP contribution in [0.15, 0.2) is 66.9 Å². The van der Waals surface area contributed by atoms with Crippen LogP contribution in [0.25, 0.3) is 11.4 Å². The molecule has 6 rings (SSSR count). The van der Waals surface area contributed by atoms with Gasteiger partial charge in [0.25, 0.3) is 0 Å². The van der Waals surface area contributed by atoms with Gasteiger partial charge in [0, 0.05) is 51.3 Å². The van der Waals surface area contributed by atoms with Crippen LogP contribution >= 0.6 is 11.6 Å². The van der Waals surface area contributed by atoms with Crippen molar-refractivity contribution in [2.24, 2.45) is 7.05 Å². The van der Waals surface area contributed by atoms with Crippen LogP contribution in [-0.2, 0) is 36.3 Å². The minimum atomic E-state index is -0.436. The smallest absolute Gasteiger partial charge is 0.329 e. The van der Waals surface area contributed by atoms with E-state index in [1.54, 1.807) is 25.4 Å². The Labute approximate surface area is 253 Å². The number of imidazole rings is 1. The highest BCUT2D eigenvalue weighted by Gasteiger charge is 2.29. The van der Waals surface area contributed by atoms with E-state index in [2.05, 4.69) is 27.3 Å². The van der Waals surface area contributed by atoms with Crippen molar-refractivity contribution < 1.29 is 23.5 Å². The first-order chi connectivity index (χ1) is 20.8. The number of nitrogens with zero attached hydrogens (tertiary/aromatic N) is 4. The number of benzene rings is 3. The lowest BCUT2D eigenvalue weighted by Gasteiger charge is -2.27. The number of amides is 3. The van der Waals surface area contributed by atoms with Crippen LogP contribution in [-0.4, -0.2) is 46.7 Å². The average molecular weight is 604 g/mol. The third-order valence-electron chi connectivity index (χ3n) is 7.98. The zero-order valence-electron chi connectivity index (χ0n) is 23.8. The molecular formula is C32H31ClFN5O4. The Morgan fingerprint density at radius 1 is 1.07 bits per heavy atom. The van der Waals surface area contributed by atoms with E-state index in [1.165, 1.54) is 22.1 Å². The van der Waals surface area contributed by atoms with E-state index in [-0.39, 0.29) is 25.0 Å². The molecule has 1 aromatic heterocycles. The fourth-order valence-electron chi connectivity index (χ4n) is 5.66. The van der Waals surface area contributed by atoms with Crippen LogP contribution in [0.1, 0.15) is 34.7 Å². The Kier molecular flexibility index (Phi) is 8.16. The molecule has 4 aromatic rings. The Hall–Kier alpha value is -4.25. The lowest BCUT2D eigenvalue weighted by Crippen LogP contribution is -2.50. The first-order valence-corrected chi connectivity index (χ1v) is 14.3. The molecule has 3 amide bonds. The van der Waals surface area contributed by atoms with Crippen molar-refractivity contribution in [3.05, 3.63) is 100.0 Å². The molecule has 0 radical (unpaired) electrons. The Morgan fingerprint density at radius 3 is 2.60 bits per heavy atom. The van der Waals surface area contributed by atoms with Gasteiger partial charge in [0.05, 0.1) is 23.9 Å². The van der Waals surface area contributed by atoms with Crippen LogP contribution < -0.4 is 15.0 Å². The summed E-state index contributed by atoms with van der Waals surface area (Å²) in [4.78, 5) is 32.5. The molecule has 0 saturated carbocycles. The maximum Gasteiger partial charge on any atom is 0.329 e. The summed E-state index contributed by atoms with van der Waals surface area (Å²) < 4.78 is 27.4. The summed E-state index contributed by atoms with van der Waals surface area (Å²) in [6.45, 7) is 2.36. The molecule has 1 N–H and O–H groups in total. The minimum Gasteiger partial charge on any atom is -0.489 e. The van der Waals surface area contributed by atoms with E-state index in [9.17, 15) is 14.0 Å². The van der Waals surface area contributed by atoms with Crippen molar-refractivity contribution >= 4 is 29.4 Å². The highest BCUT2D eigenvalue weighted by Crippen LogP contribution is 2.35. The number of imide groups is 1. The van der Waals surface area contributed by atoms with E-state index >= 15 is 0 Å². The van der Waals surface area contributed by atoms with Gasteiger partial charge in [-0.2, -0.15) is 0 Å². The number of rotatable bonds is 9. The highest BCUT2D eigenvalue weighted by molar-refractivity contribution is 6.31. The van der Waals surface area contributed by atoms with Crippen molar-refractivity contribution in [2.75, 3.05) is 25.2 Å². The van der Waals surface area contributed by atoms with E-state index < -0.39 is 11.8 Å². The zero-order valence-corrected chi connectivity index (χ0v) is 24.6. The monoisotopic (exact) mass is 603 g/mol. The maximum atomic E-state index is 14.1. The predicted octanol–water partition coefficient (Wildman–Crippen LogP) is 5.61. The van der Waals surface area contributed by atoms with E-state index in [0.29, 0.717) is 35.3 Å². The molecule has 43 heavy (non-hydrogen) atoms. The molecule has 3 heterocycles. The number of urea groups is 1. The van der Waals surface area contributed by atoms with E-state index in [4.69, 9.17) is 21.1 Å². The van der Waals surface area contributed by atoms with Crippen molar-refractivity contribution in [1.82, 2.24) is 19.8 Å². The molecule has 3 aromatic carbocycles. The van der Waals surface area contributed by atoms with Gasteiger partial charge in [0.1, 0.15) is 29.8 Å². The molecule has 0 bridgehead atoms. The number of fused-ring (bicyclic) bond motifs is 1. The number of hydrogen-bond acceptors (Lipinski definition) is 6. The molecule has 9 nitrogen and oxygen atoms in total. The number of anilines is 1. The average Bonchev–Trinajstić information content (AvgIpc) is 3.59. The Morgan fingerprint density at radius 2 is 1.86 bits per heavy atom. The van der Waals surface area contributed by atoms with Crippen molar-refractivity contribution in [3.63, 3.8) is 0 Å². The van der Waals surface area contributed by atoms with Gasteiger partial charge in [0.2, 0.25) is 5.91 Å². The quantitative estimate of drug-likeness (QED) is 0.268. The third kappa shape index (κ3) is 5.86. The summed E-state index contributed by atoms with van der Waals surface area (Å²) >= 11 is 6.13. The molecule has 11 heteroatoms. The number of halogens is 2. The van der Waals surface area contributed by atoms with E-state index in [0.717, 1.165) is 30.0 Å². The fraction of sp³-hybridized carbons (Fsp3) is 0.281. The summed E-state index contributed by atoms with van der Waals surface area (Å²) in [5, 5.41) is 2.70. The fourth-order valence-corrected chi connectivity index (χ4v) is 5.88. The second kappa shape index (κ2) is 12.2. The minimum absolute atomic E-state index is 0.0102. The number of carbonyl (C=O) groups is 2. The topological polar surface area (TPSA) is 88.9 Å². The molecule has 1 fully saturated rings. The van der Waals surface area contributed by atoms with Crippen LogP contribution in [0, 0.1) is 5.82 Å². The van der Waals surface area contributed by atoms with Gasteiger partial charge < -0.3 is 14.0 Å². The van der Waals surface area contributed by atoms with Gasteiger partial charge >= 0.3 is 6.03 Å². The van der Waals surface area contributed by atoms with Gasteiger partial charge in [-0.05, 0) is 47.0 Å². The van der Waals surface area contributed by atoms with Gasteiger partial charge in [-0.15, -0.1) is 0 Å². The summed E-state index contributed by atoms with van der Waals surface area (Å²) in [6.07, 6.45) is 1.92. The first-order valence-electron chi connectivity index (χ1n) is 14.0. The standard InChI is InChI=1S/C32H31ClFN5O4/c1-37-30(39-13-12-29(40)36-32(39)41)15-35-31(37)21-6-7-22-16-38(17-23(22)14-21)28(19-42-2)20-8-10-24(11-9-20)43-18-25-26(33)4-3-5-27(25)34/h3-11,14-15,28H,12-13,16-19H2,1-2H3,(H,36,40,41). The highest BCUT2D eigenvalue weighted by atomic mass is 35.5. The molecule has 1 unspecified atom stereocenters. The molecule has 2 aliphatic heterocycles. The van der Waals surface area contributed by atoms with Gasteiger partial charge in [-0.3, -0.25) is 19.9 Å². The lowest BCUT2D eigenvalue weighted by atomic mass is 10.1. The molecule has 2 aliphatic rings. The van der Waals surface area contributed by atoms with E-state index in [1.807, 2.05) is 41.9 Å². The maximum absolute atomic E-state index is 14.1. The first kappa shape index (κ1) is 28.9. The summed E-state index contributed by atoms with van der Waals surface area (Å²) in [5.74, 6) is 1.33. The van der Waals surface area contributed by atoms with Gasteiger partial charge in [-0.1, -0.05) is 41.9 Å². The second-order valence-electron chi connectivity index (χ2n) is 10.7. The summed E-state index contributed by atoms with van der Waals surface area (Å²) in [5.41, 5.74) is 4.79. The summed E-state index contributed by atoms with van der Waals surface area (Å²) in [7, 11) is 3.56. The lowest BCUT2D eigenvalue weighted by molar-refractivity contribution is -0.120. The normalized spacial score (nSPS) is 15.9. The Bertz CT molecular complexity index is 1650. The number of methoxy groups -OCH3 is 1. The second-order valence-corrected chi connectivity index (χ2v) is 11.1. The SMILES string of the molecule is COCC(c1ccc(OCc2c(F)cccc2Cl)cc1)N1Cc2ccc(-c3ncc(N4CCC(=O)NC4=O)n3C)cc2C1. The molecule has 0 aliphatic carbocycles. The number of hydrogen-bond donors (Lipinski definition) is 1. The molecule has 222 valence electrons. The van der Waals surface area contributed by atoms with Crippen LogP contribution in [0.2, 0.25) is 5.02 Å². The van der Waals surface area contributed by atoms with Crippen LogP contribution in [0.5, 0.6) is 5.75 Å². The molecule has 1 saturated heterocycles. The van der Waals surface area contributed by atoms with Crippen LogP contribution in [0.3, 0.4) is 0 Å². The van der Waals surface area contributed by atoms with Crippen molar-refractivity contribution in [1.29, 1.82) is 0 Å². The molecular weight excluding hydrogens is 573 g/mol. The number of carbonyl (C=O) groups excluding carboxylic acids is 2. The van der Waals surface area contributed by atoms with Crippen molar-refractivity contribution in [2.45, 2.75) is 32.2 Å².